The lowest BCUT2D eigenvalue weighted by Gasteiger charge is -2.05. The zero-order valence-electron chi connectivity index (χ0n) is 15.3. The second-order valence-corrected chi connectivity index (χ2v) is 6.33. The second-order valence-electron chi connectivity index (χ2n) is 5.95. The summed E-state index contributed by atoms with van der Waals surface area (Å²) >= 11 is 5.70. The van der Waals surface area contributed by atoms with Crippen molar-refractivity contribution in [1.29, 1.82) is 0 Å². The predicted octanol–water partition coefficient (Wildman–Crippen LogP) is 3.61. The molecule has 0 saturated carbocycles. The summed E-state index contributed by atoms with van der Waals surface area (Å²) in [6, 6.07) is 0. The van der Waals surface area contributed by atoms with Crippen molar-refractivity contribution in [3.8, 4) is 0 Å². The maximum atomic E-state index is 12.8. The number of hydrogen-bond donors (Lipinski definition) is 1. The molecule has 0 aliphatic rings. The number of alkyl halides is 3. The van der Waals surface area contributed by atoms with E-state index in [1.165, 1.54) is 17.7 Å². The minimum Gasteiger partial charge on any atom is -0.352 e. The van der Waals surface area contributed by atoms with Crippen LogP contribution >= 0.6 is 11.6 Å². The van der Waals surface area contributed by atoms with Crippen molar-refractivity contribution in [2.75, 3.05) is 6.54 Å². The number of nitrogens with zero attached hydrogens (tertiary/aromatic N) is 4. The van der Waals surface area contributed by atoms with Gasteiger partial charge in [-0.05, 0) is 33.3 Å². The summed E-state index contributed by atoms with van der Waals surface area (Å²) in [6.07, 6.45) is 0.599. The van der Waals surface area contributed by atoms with Gasteiger partial charge in [0.1, 0.15) is 0 Å². The SMILES string of the molecule is CCn1ncc(/C=C/C(=O)NCCCn2nc(C(F)(F)F)c(Cl)c2C)c1C. The Morgan fingerprint density at radius 3 is 2.56 bits per heavy atom. The molecule has 0 spiro atoms. The van der Waals surface area contributed by atoms with E-state index < -0.39 is 16.9 Å². The maximum Gasteiger partial charge on any atom is 0.436 e. The minimum atomic E-state index is -4.59. The van der Waals surface area contributed by atoms with Crippen LogP contribution in [0.3, 0.4) is 0 Å². The number of carbonyl (C=O) groups excluding carboxylic acids is 1. The van der Waals surface area contributed by atoms with Gasteiger partial charge in [0.25, 0.3) is 0 Å². The van der Waals surface area contributed by atoms with Crippen molar-refractivity contribution < 1.29 is 18.0 Å². The van der Waals surface area contributed by atoms with Crippen LogP contribution in [-0.4, -0.2) is 32.0 Å². The van der Waals surface area contributed by atoms with E-state index in [1.54, 1.807) is 12.3 Å². The third-order valence-electron chi connectivity index (χ3n) is 4.10. The molecule has 0 aromatic carbocycles. The Hall–Kier alpha value is -2.29. The molecule has 27 heavy (non-hydrogen) atoms. The molecule has 0 radical (unpaired) electrons. The predicted molar refractivity (Wildman–Crippen MR) is 96.3 cm³/mol. The molecule has 1 amide bonds. The third-order valence-corrected chi connectivity index (χ3v) is 4.56. The molecule has 0 aliphatic heterocycles. The molecule has 0 saturated heterocycles. The Labute approximate surface area is 160 Å². The van der Waals surface area contributed by atoms with Gasteiger partial charge in [0.15, 0.2) is 5.69 Å². The van der Waals surface area contributed by atoms with Crippen molar-refractivity contribution in [2.24, 2.45) is 0 Å². The Morgan fingerprint density at radius 1 is 1.30 bits per heavy atom. The molecule has 0 aliphatic carbocycles. The number of amides is 1. The van der Waals surface area contributed by atoms with Gasteiger partial charge in [0.05, 0.1) is 16.9 Å². The highest BCUT2D eigenvalue weighted by Gasteiger charge is 2.38. The number of aryl methyl sites for hydroxylation is 2. The molecule has 0 unspecified atom stereocenters. The average Bonchev–Trinajstić information content (AvgIpc) is 3.10. The summed E-state index contributed by atoms with van der Waals surface area (Å²) in [5, 5.41) is 10.00. The molecule has 2 heterocycles. The van der Waals surface area contributed by atoms with E-state index in [4.69, 9.17) is 11.6 Å². The Morgan fingerprint density at radius 2 is 2.00 bits per heavy atom. The first-order chi connectivity index (χ1) is 12.6. The Kier molecular flexibility index (Phi) is 6.69. The van der Waals surface area contributed by atoms with E-state index >= 15 is 0 Å². The molecule has 2 aromatic rings. The van der Waals surface area contributed by atoms with Crippen LogP contribution in [0.25, 0.3) is 6.08 Å². The second kappa shape index (κ2) is 8.60. The van der Waals surface area contributed by atoms with Crippen LogP contribution in [0.1, 0.15) is 36.0 Å². The smallest absolute Gasteiger partial charge is 0.352 e. The Balaban J connectivity index is 1.84. The summed E-state index contributed by atoms with van der Waals surface area (Å²) < 4.78 is 41.4. The van der Waals surface area contributed by atoms with Crippen molar-refractivity contribution in [3.63, 3.8) is 0 Å². The van der Waals surface area contributed by atoms with E-state index in [2.05, 4.69) is 15.5 Å². The third kappa shape index (κ3) is 5.12. The van der Waals surface area contributed by atoms with Gasteiger partial charge in [0, 0.05) is 37.0 Å². The highest BCUT2D eigenvalue weighted by atomic mass is 35.5. The molecular weight excluding hydrogens is 383 g/mol. The van der Waals surface area contributed by atoms with Crippen LogP contribution in [0.5, 0.6) is 0 Å². The van der Waals surface area contributed by atoms with Gasteiger partial charge in [0.2, 0.25) is 5.91 Å². The lowest BCUT2D eigenvalue weighted by molar-refractivity contribution is -0.141. The quantitative estimate of drug-likeness (QED) is 0.567. The highest BCUT2D eigenvalue weighted by molar-refractivity contribution is 6.31. The van der Waals surface area contributed by atoms with E-state index in [1.807, 2.05) is 18.5 Å². The molecule has 2 aromatic heterocycles. The molecule has 148 valence electrons. The molecule has 2 rings (SSSR count). The fourth-order valence-corrected chi connectivity index (χ4v) is 2.77. The topological polar surface area (TPSA) is 64.7 Å². The number of halogens is 4. The van der Waals surface area contributed by atoms with E-state index in [-0.39, 0.29) is 18.1 Å². The first-order valence-electron chi connectivity index (χ1n) is 8.43. The van der Waals surface area contributed by atoms with Crippen molar-refractivity contribution in [2.45, 2.75) is 46.5 Å². The molecule has 1 N–H and O–H groups in total. The highest BCUT2D eigenvalue weighted by Crippen LogP contribution is 2.35. The van der Waals surface area contributed by atoms with Gasteiger partial charge in [-0.1, -0.05) is 11.6 Å². The molecule has 0 bridgehead atoms. The molecular formula is C17H21ClF3N5O. The molecule has 0 atom stereocenters. The van der Waals surface area contributed by atoms with Gasteiger partial charge in [-0.3, -0.25) is 14.2 Å². The van der Waals surface area contributed by atoms with Crippen LogP contribution in [0, 0.1) is 13.8 Å². The van der Waals surface area contributed by atoms with Crippen molar-refractivity contribution in [1.82, 2.24) is 24.9 Å². The molecule has 6 nitrogen and oxygen atoms in total. The van der Waals surface area contributed by atoms with Crippen LogP contribution in [0.4, 0.5) is 13.2 Å². The zero-order chi connectivity index (χ0) is 20.2. The summed E-state index contributed by atoms with van der Waals surface area (Å²) in [6.45, 7) is 6.64. The number of rotatable bonds is 7. The maximum absolute atomic E-state index is 12.8. The molecule has 10 heteroatoms. The lowest BCUT2D eigenvalue weighted by Crippen LogP contribution is -2.23. The number of aromatic nitrogens is 4. The van der Waals surface area contributed by atoms with Crippen molar-refractivity contribution in [3.05, 3.63) is 39.9 Å². The molecule has 0 fully saturated rings. The van der Waals surface area contributed by atoms with Crippen LogP contribution in [0.15, 0.2) is 12.3 Å². The Bertz CT molecular complexity index is 838. The summed E-state index contributed by atoms with van der Waals surface area (Å²) in [5.74, 6) is -0.287. The lowest BCUT2D eigenvalue weighted by atomic mass is 10.2. The monoisotopic (exact) mass is 403 g/mol. The van der Waals surface area contributed by atoms with Crippen LogP contribution in [0.2, 0.25) is 5.02 Å². The van der Waals surface area contributed by atoms with Gasteiger partial charge >= 0.3 is 6.18 Å². The zero-order valence-corrected chi connectivity index (χ0v) is 16.0. The largest absolute Gasteiger partial charge is 0.436 e. The first-order valence-corrected chi connectivity index (χ1v) is 8.81. The number of carbonyl (C=O) groups is 1. The minimum absolute atomic E-state index is 0.216. The van der Waals surface area contributed by atoms with Gasteiger partial charge in [-0.25, -0.2) is 0 Å². The van der Waals surface area contributed by atoms with Gasteiger partial charge in [-0.2, -0.15) is 23.4 Å². The number of nitrogens with one attached hydrogen (secondary N) is 1. The fraction of sp³-hybridized carbons (Fsp3) is 0.471. The summed E-state index contributed by atoms with van der Waals surface area (Å²) in [4.78, 5) is 11.9. The number of hydrogen-bond acceptors (Lipinski definition) is 3. The fourth-order valence-electron chi connectivity index (χ4n) is 2.53. The standard InChI is InChI=1S/C17H21ClF3N5O/c1-4-25-11(2)13(10-23-25)6-7-14(27)22-8-5-9-26-12(3)15(18)16(24-26)17(19,20)21/h6-7,10H,4-5,8-9H2,1-3H3,(H,22,27)/b7-6+. The van der Waals surface area contributed by atoms with Gasteiger partial charge < -0.3 is 5.32 Å². The summed E-state index contributed by atoms with van der Waals surface area (Å²) in [7, 11) is 0. The average molecular weight is 404 g/mol. The van der Waals surface area contributed by atoms with Crippen LogP contribution < -0.4 is 5.32 Å². The van der Waals surface area contributed by atoms with E-state index in [0.717, 1.165) is 17.8 Å². The normalized spacial score (nSPS) is 12.1. The summed E-state index contributed by atoms with van der Waals surface area (Å²) in [5.41, 5.74) is 0.983. The van der Waals surface area contributed by atoms with Gasteiger partial charge in [-0.15, -0.1) is 0 Å². The van der Waals surface area contributed by atoms with Crippen LogP contribution in [-0.2, 0) is 24.1 Å². The van der Waals surface area contributed by atoms with Crippen molar-refractivity contribution >= 4 is 23.6 Å². The van der Waals surface area contributed by atoms with E-state index in [0.29, 0.717) is 13.0 Å². The van der Waals surface area contributed by atoms with E-state index in [9.17, 15) is 18.0 Å². The first kappa shape index (κ1) is 21.0.